The number of rotatable bonds is 0. The smallest absolute Gasteiger partial charge is 0.154 e. The minimum atomic E-state index is -2.86. The van der Waals surface area contributed by atoms with Gasteiger partial charge < -0.3 is 4.74 Å². The van der Waals surface area contributed by atoms with Crippen molar-refractivity contribution < 1.29 is 13.2 Å². The first-order chi connectivity index (χ1) is 6.54. The normalized spacial score (nSPS) is 43.1. The van der Waals surface area contributed by atoms with Gasteiger partial charge in [-0.15, -0.1) is 0 Å². The van der Waals surface area contributed by atoms with Gasteiger partial charge >= 0.3 is 0 Å². The third-order valence-electron chi connectivity index (χ3n) is 3.67. The zero-order valence-corrected chi connectivity index (χ0v) is 8.90. The van der Waals surface area contributed by atoms with E-state index >= 15 is 0 Å². The highest BCUT2D eigenvalue weighted by Crippen LogP contribution is 2.49. The fourth-order valence-electron chi connectivity index (χ4n) is 2.31. The van der Waals surface area contributed by atoms with Crippen LogP contribution in [0.3, 0.4) is 0 Å². The fourth-order valence-corrected chi connectivity index (χ4v) is 4.14. The monoisotopic (exact) mass is 217 g/mol. The number of hydrogen-bond acceptors (Lipinski definition) is 4. The second-order valence-corrected chi connectivity index (χ2v) is 7.16. The van der Waals surface area contributed by atoms with Crippen LogP contribution in [0.2, 0.25) is 0 Å². The molecule has 2 heterocycles. The van der Waals surface area contributed by atoms with Crippen LogP contribution in [0.15, 0.2) is 0 Å². The Hall–Kier alpha value is -0.130. The zero-order chi connectivity index (χ0) is 9.86. The van der Waals surface area contributed by atoms with E-state index in [1.54, 1.807) is 0 Å². The Labute approximate surface area is 83.9 Å². The van der Waals surface area contributed by atoms with Crippen LogP contribution in [-0.4, -0.2) is 38.8 Å². The molecule has 14 heavy (non-hydrogen) atoms. The summed E-state index contributed by atoms with van der Waals surface area (Å²) in [5, 5.41) is 3.30. The molecule has 1 unspecified atom stereocenters. The Kier molecular flexibility index (Phi) is 1.64. The molecule has 2 aliphatic heterocycles. The predicted octanol–water partition coefficient (Wildman–Crippen LogP) is -0.0988. The Morgan fingerprint density at radius 3 is 2.43 bits per heavy atom. The molecule has 4 nitrogen and oxygen atoms in total. The molecule has 0 bridgehead atoms. The fraction of sp³-hybridized carbons (Fsp3) is 1.00. The van der Waals surface area contributed by atoms with Gasteiger partial charge in [-0.25, -0.2) is 8.42 Å². The summed E-state index contributed by atoms with van der Waals surface area (Å²) in [6.45, 7) is 1.68. The molecule has 2 saturated heterocycles. The molecule has 3 aliphatic rings. The van der Waals surface area contributed by atoms with E-state index in [2.05, 4.69) is 5.32 Å². The molecule has 5 heteroatoms. The van der Waals surface area contributed by atoms with E-state index in [4.69, 9.17) is 4.74 Å². The quantitative estimate of drug-likeness (QED) is 0.615. The standard InChI is InChI=1S/C9H15NO3S/c11-14(12)4-3-9(7-14)10-5-8(1-2-8)6-13-9/h10H,1-7H2. The summed E-state index contributed by atoms with van der Waals surface area (Å²) in [5.74, 6) is 0.434. The third kappa shape index (κ3) is 1.38. The van der Waals surface area contributed by atoms with Gasteiger partial charge in [0.2, 0.25) is 0 Å². The SMILES string of the molecule is O=S1(=O)CCC2(C1)NCC1(CC1)CO2. The van der Waals surface area contributed by atoms with Gasteiger partial charge in [0.05, 0.1) is 18.1 Å². The molecule has 0 aromatic heterocycles. The molecule has 3 rings (SSSR count). The Balaban J connectivity index is 1.75. The van der Waals surface area contributed by atoms with E-state index in [0.717, 1.165) is 13.2 Å². The maximum Gasteiger partial charge on any atom is 0.154 e. The van der Waals surface area contributed by atoms with Crippen LogP contribution in [0.4, 0.5) is 0 Å². The first-order valence-electron chi connectivity index (χ1n) is 5.13. The lowest BCUT2D eigenvalue weighted by Crippen LogP contribution is -2.56. The molecule has 80 valence electrons. The van der Waals surface area contributed by atoms with E-state index in [-0.39, 0.29) is 11.5 Å². The van der Waals surface area contributed by atoms with Gasteiger partial charge in [0.25, 0.3) is 0 Å². The van der Waals surface area contributed by atoms with Crippen LogP contribution >= 0.6 is 0 Å². The van der Waals surface area contributed by atoms with E-state index in [0.29, 0.717) is 11.8 Å². The van der Waals surface area contributed by atoms with E-state index < -0.39 is 15.6 Å². The Morgan fingerprint density at radius 1 is 1.21 bits per heavy atom. The molecule has 1 aliphatic carbocycles. The largest absolute Gasteiger partial charge is 0.359 e. The Bertz CT molecular complexity index is 348. The van der Waals surface area contributed by atoms with Crippen LogP contribution in [0.5, 0.6) is 0 Å². The predicted molar refractivity (Wildman–Crippen MR) is 51.6 cm³/mol. The highest BCUT2D eigenvalue weighted by Gasteiger charge is 2.53. The average molecular weight is 217 g/mol. The zero-order valence-electron chi connectivity index (χ0n) is 8.08. The molecule has 0 amide bonds. The topological polar surface area (TPSA) is 55.4 Å². The van der Waals surface area contributed by atoms with Gasteiger partial charge in [0.15, 0.2) is 9.84 Å². The van der Waals surface area contributed by atoms with Gasteiger partial charge in [0, 0.05) is 18.4 Å². The summed E-state index contributed by atoms with van der Waals surface area (Å²) in [6, 6.07) is 0. The van der Waals surface area contributed by atoms with Gasteiger partial charge in [0.1, 0.15) is 5.72 Å². The van der Waals surface area contributed by atoms with Crippen molar-refractivity contribution in [2.45, 2.75) is 25.0 Å². The lowest BCUT2D eigenvalue weighted by Gasteiger charge is -2.38. The summed E-state index contributed by atoms with van der Waals surface area (Å²) < 4.78 is 28.5. The number of ether oxygens (including phenoxy) is 1. The van der Waals surface area contributed by atoms with Crippen molar-refractivity contribution in [3.8, 4) is 0 Å². The van der Waals surface area contributed by atoms with Crippen molar-refractivity contribution in [1.29, 1.82) is 0 Å². The first-order valence-corrected chi connectivity index (χ1v) is 6.95. The van der Waals surface area contributed by atoms with E-state index in [1.165, 1.54) is 12.8 Å². The number of nitrogens with one attached hydrogen (secondary N) is 1. The van der Waals surface area contributed by atoms with Gasteiger partial charge in [-0.3, -0.25) is 5.32 Å². The van der Waals surface area contributed by atoms with E-state index in [1.807, 2.05) is 0 Å². The molecule has 1 saturated carbocycles. The van der Waals surface area contributed by atoms with Crippen molar-refractivity contribution >= 4 is 9.84 Å². The molecule has 1 atom stereocenters. The van der Waals surface area contributed by atoms with Crippen LogP contribution in [0.25, 0.3) is 0 Å². The molecule has 0 aromatic carbocycles. The van der Waals surface area contributed by atoms with Gasteiger partial charge in [-0.2, -0.15) is 0 Å². The highest BCUT2D eigenvalue weighted by atomic mass is 32.2. The lowest BCUT2D eigenvalue weighted by atomic mass is 10.0. The van der Waals surface area contributed by atoms with E-state index in [9.17, 15) is 8.42 Å². The molecule has 3 fully saturated rings. The molecule has 2 spiro atoms. The van der Waals surface area contributed by atoms with Crippen LogP contribution in [-0.2, 0) is 14.6 Å². The summed E-state index contributed by atoms with van der Waals surface area (Å²) in [4.78, 5) is 0. The maximum absolute atomic E-state index is 11.4. The van der Waals surface area contributed by atoms with Crippen LogP contribution in [0, 0.1) is 5.41 Å². The lowest BCUT2D eigenvalue weighted by molar-refractivity contribution is -0.105. The second-order valence-electron chi connectivity index (χ2n) is 4.98. The highest BCUT2D eigenvalue weighted by molar-refractivity contribution is 7.91. The minimum Gasteiger partial charge on any atom is -0.359 e. The molecular formula is C9H15NO3S. The summed E-state index contributed by atoms with van der Waals surface area (Å²) in [6.07, 6.45) is 3.07. The first kappa shape index (κ1) is 9.12. The number of sulfone groups is 1. The van der Waals surface area contributed by atoms with Crippen molar-refractivity contribution in [2.24, 2.45) is 5.41 Å². The maximum atomic E-state index is 11.4. The van der Waals surface area contributed by atoms with Crippen molar-refractivity contribution in [3.05, 3.63) is 0 Å². The molecular weight excluding hydrogens is 202 g/mol. The average Bonchev–Trinajstić information content (AvgIpc) is 2.82. The Morgan fingerprint density at radius 2 is 2.00 bits per heavy atom. The minimum absolute atomic E-state index is 0.163. The third-order valence-corrected chi connectivity index (χ3v) is 5.40. The molecule has 1 N–H and O–H groups in total. The van der Waals surface area contributed by atoms with Crippen LogP contribution < -0.4 is 5.32 Å². The van der Waals surface area contributed by atoms with Crippen molar-refractivity contribution in [1.82, 2.24) is 5.32 Å². The summed E-state index contributed by atoms with van der Waals surface area (Å²) in [5.41, 5.74) is -0.176. The van der Waals surface area contributed by atoms with Crippen molar-refractivity contribution in [2.75, 3.05) is 24.7 Å². The number of hydrogen-bond donors (Lipinski definition) is 1. The van der Waals surface area contributed by atoms with Gasteiger partial charge in [-0.05, 0) is 12.8 Å². The van der Waals surface area contributed by atoms with Gasteiger partial charge in [-0.1, -0.05) is 0 Å². The summed E-state index contributed by atoms with van der Waals surface area (Å²) >= 11 is 0. The molecule has 0 radical (unpaired) electrons. The van der Waals surface area contributed by atoms with Crippen molar-refractivity contribution in [3.63, 3.8) is 0 Å². The molecule has 0 aromatic rings. The van der Waals surface area contributed by atoms with Crippen LogP contribution in [0.1, 0.15) is 19.3 Å². The second kappa shape index (κ2) is 2.51. The summed E-state index contributed by atoms with van der Waals surface area (Å²) in [7, 11) is -2.86.